The molecule has 5 aromatic rings. The largest absolute Gasteiger partial charge is 0.497 e. The van der Waals surface area contributed by atoms with Gasteiger partial charge in [-0.2, -0.15) is 0 Å². The number of hydrogen-bond acceptors (Lipinski definition) is 4. The van der Waals surface area contributed by atoms with Crippen LogP contribution in [0.25, 0.3) is 38.8 Å². The average Bonchev–Trinajstić information content (AvgIpc) is 3.35. The third kappa shape index (κ3) is 2.13. The van der Waals surface area contributed by atoms with Crippen molar-refractivity contribution in [2.24, 2.45) is 7.05 Å². The van der Waals surface area contributed by atoms with E-state index in [0.29, 0.717) is 16.7 Å². The number of benzene rings is 1. The highest BCUT2D eigenvalue weighted by Crippen LogP contribution is 2.33. The lowest BCUT2D eigenvalue weighted by Gasteiger charge is -2.01. The number of aromatic amines is 1. The second-order valence-electron chi connectivity index (χ2n) is 6.36. The Labute approximate surface area is 152 Å². The summed E-state index contributed by atoms with van der Waals surface area (Å²) in [4.78, 5) is 23.2. The Morgan fingerprint density at radius 2 is 2.00 bits per heavy atom. The molecule has 5 rings (SSSR count). The van der Waals surface area contributed by atoms with Gasteiger partial charge in [0.15, 0.2) is 5.65 Å². The number of H-pyrrole nitrogens is 1. The molecule has 134 valence electrons. The van der Waals surface area contributed by atoms with Gasteiger partial charge in [0, 0.05) is 29.7 Å². The highest BCUT2D eigenvalue weighted by molar-refractivity contribution is 5.98. The van der Waals surface area contributed by atoms with Crippen molar-refractivity contribution in [3.63, 3.8) is 0 Å². The Hall–Kier alpha value is -3.81. The summed E-state index contributed by atoms with van der Waals surface area (Å²) in [6, 6.07) is 7.82. The molecule has 4 heterocycles. The van der Waals surface area contributed by atoms with Gasteiger partial charge in [-0.3, -0.25) is 4.40 Å². The van der Waals surface area contributed by atoms with Crippen LogP contribution in [0.15, 0.2) is 42.9 Å². The van der Waals surface area contributed by atoms with Crippen LogP contribution >= 0.6 is 0 Å². The number of aryl methyl sites for hydroxylation is 1. The lowest BCUT2D eigenvalue weighted by molar-refractivity contribution is 0.0683. The Balaban J connectivity index is 1.81. The monoisotopic (exact) mass is 361 g/mol. The zero-order valence-electron chi connectivity index (χ0n) is 14.6. The molecule has 0 unspecified atom stereocenters. The van der Waals surface area contributed by atoms with E-state index in [1.54, 1.807) is 17.7 Å². The fourth-order valence-corrected chi connectivity index (χ4v) is 3.55. The number of fused-ring (bicyclic) bond motifs is 4. The molecule has 8 nitrogen and oxygen atoms in total. The number of nitrogens with one attached hydrogen (secondary N) is 1. The summed E-state index contributed by atoms with van der Waals surface area (Å²) in [6.07, 6.45) is 5.14. The predicted octanol–water partition coefficient (Wildman–Crippen LogP) is 3.08. The van der Waals surface area contributed by atoms with Gasteiger partial charge in [0.1, 0.15) is 5.75 Å². The van der Waals surface area contributed by atoms with Gasteiger partial charge in [-0.15, -0.1) is 0 Å². The number of nitrogens with zero attached hydrogens (tertiary/aromatic N) is 4. The molecule has 0 atom stereocenters. The van der Waals surface area contributed by atoms with E-state index in [-0.39, 0.29) is 5.82 Å². The highest BCUT2D eigenvalue weighted by Gasteiger charge is 2.18. The minimum absolute atomic E-state index is 0.0393. The van der Waals surface area contributed by atoms with Gasteiger partial charge in [0.05, 0.1) is 36.2 Å². The topological polar surface area (TPSA) is 97.4 Å². The molecule has 0 aliphatic rings. The van der Waals surface area contributed by atoms with Gasteiger partial charge in [0.2, 0.25) is 5.82 Å². The second kappa shape index (κ2) is 5.34. The first-order chi connectivity index (χ1) is 13.1. The predicted molar refractivity (Wildman–Crippen MR) is 100 cm³/mol. The number of aromatic nitrogens is 5. The van der Waals surface area contributed by atoms with Crippen molar-refractivity contribution in [1.29, 1.82) is 0 Å². The minimum Gasteiger partial charge on any atom is -0.497 e. The molecule has 0 saturated heterocycles. The molecule has 0 radical (unpaired) electrons. The summed E-state index contributed by atoms with van der Waals surface area (Å²) in [5, 5.41) is 10.5. The number of ether oxygens (including phenoxy) is 1. The van der Waals surface area contributed by atoms with Crippen molar-refractivity contribution < 1.29 is 14.6 Å². The summed E-state index contributed by atoms with van der Waals surface area (Å²) in [5.41, 5.74) is 4.78. The molecule has 0 saturated carbocycles. The van der Waals surface area contributed by atoms with Crippen molar-refractivity contribution >= 4 is 33.6 Å². The summed E-state index contributed by atoms with van der Waals surface area (Å²) < 4.78 is 9.00. The van der Waals surface area contributed by atoms with Crippen LogP contribution in [0.5, 0.6) is 5.75 Å². The molecule has 2 N–H and O–H groups in total. The van der Waals surface area contributed by atoms with E-state index in [2.05, 4.69) is 15.0 Å². The molecule has 1 aromatic carbocycles. The van der Waals surface area contributed by atoms with Gasteiger partial charge < -0.3 is 19.4 Å². The van der Waals surface area contributed by atoms with Crippen molar-refractivity contribution in [2.45, 2.75) is 0 Å². The first-order valence-corrected chi connectivity index (χ1v) is 8.28. The van der Waals surface area contributed by atoms with E-state index in [9.17, 15) is 9.90 Å². The lowest BCUT2D eigenvalue weighted by Crippen LogP contribution is -2.04. The van der Waals surface area contributed by atoms with E-state index < -0.39 is 5.97 Å². The van der Waals surface area contributed by atoms with Crippen molar-refractivity contribution in [1.82, 2.24) is 23.9 Å². The first-order valence-electron chi connectivity index (χ1n) is 8.28. The molecule has 8 heteroatoms. The Bertz CT molecular complexity index is 1360. The number of hydrogen-bond donors (Lipinski definition) is 2. The number of methoxy groups -OCH3 is 1. The van der Waals surface area contributed by atoms with Gasteiger partial charge >= 0.3 is 5.97 Å². The smallest absolute Gasteiger partial charge is 0.372 e. The molecule has 27 heavy (non-hydrogen) atoms. The zero-order chi connectivity index (χ0) is 18.7. The van der Waals surface area contributed by atoms with Crippen LogP contribution in [0.4, 0.5) is 0 Å². The standard InChI is InChI=1S/C19H15N5O3/c1-23-9-13(12-5-11(27-2)3-4-15(12)23)14-6-16-17(22-14)20-7-10-8-21-18(19(25)26)24(10)16/h3-9,22H,1-2H3,(H,25,26). The number of aromatic carboxylic acids is 1. The van der Waals surface area contributed by atoms with E-state index >= 15 is 0 Å². The number of carboxylic acids is 1. The van der Waals surface area contributed by atoms with Crippen molar-refractivity contribution in [2.75, 3.05) is 7.11 Å². The lowest BCUT2D eigenvalue weighted by atomic mass is 10.1. The maximum absolute atomic E-state index is 11.5. The highest BCUT2D eigenvalue weighted by atomic mass is 16.5. The normalized spacial score (nSPS) is 11.6. The van der Waals surface area contributed by atoms with E-state index in [0.717, 1.165) is 27.9 Å². The molecule has 0 aliphatic heterocycles. The van der Waals surface area contributed by atoms with Gasteiger partial charge in [-0.05, 0) is 24.3 Å². The molecule has 0 fully saturated rings. The Kier molecular flexibility index (Phi) is 3.06. The van der Waals surface area contributed by atoms with E-state index in [4.69, 9.17) is 4.74 Å². The molecule has 0 aliphatic carbocycles. The van der Waals surface area contributed by atoms with Crippen LogP contribution in [0.2, 0.25) is 0 Å². The van der Waals surface area contributed by atoms with Crippen molar-refractivity contribution in [3.05, 3.63) is 48.7 Å². The van der Waals surface area contributed by atoms with Gasteiger partial charge in [-0.25, -0.2) is 14.8 Å². The van der Waals surface area contributed by atoms with E-state index in [1.165, 1.54) is 6.20 Å². The summed E-state index contributed by atoms with van der Waals surface area (Å²) in [6.45, 7) is 0. The van der Waals surface area contributed by atoms with Gasteiger partial charge in [-0.1, -0.05) is 0 Å². The summed E-state index contributed by atoms with van der Waals surface area (Å²) >= 11 is 0. The quantitative estimate of drug-likeness (QED) is 0.515. The first kappa shape index (κ1) is 15.4. The zero-order valence-corrected chi connectivity index (χ0v) is 14.6. The third-order valence-electron chi connectivity index (χ3n) is 4.81. The summed E-state index contributed by atoms with van der Waals surface area (Å²) in [5.74, 6) is -0.350. The summed E-state index contributed by atoms with van der Waals surface area (Å²) in [7, 11) is 3.62. The Morgan fingerprint density at radius 1 is 1.19 bits per heavy atom. The molecule has 4 aromatic heterocycles. The number of carbonyl (C=O) groups is 1. The fraction of sp³-hybridized carbons (Fsp3) is 0.105. The van der Waals surface area contributed by atoms with Gasteiger partial charge in [0.25, 0.3) is 0 Å². The number of imidazole rings is 1. The third-order valence-corrected chi connectivity index (χ3v) is 4.81. The van der Waals surface area contributed by atoms with Crippen LogP contribution < -0.4 is 4.74 Å². The van der Waals surface area contributed by atoms with E-state index in [1.807, 2.05) is 42.1 Å². The van der Waals surface area contributed by atoms with Crippen LogP contribution in [-0.2, 0) is 7.05 Å². The number of carboxylic acid groups (broad SMARTS) is 1. The van der Waals surface area contributed by atoms with Crippen molar-refractivity contribution in [3.8, 4) is 17.0 Å². The molecule has 0 amide bonds. The van der Waals surface area contributed by atoms with Crippen LogP contribution in [0, 0.1) is 0 Å². The van der Waals surface area contributed by atoms with Crippen LogP contribution in [0.3, 0.4) is 0 Å². The Morgan fingerprint density at radius 3 is 2.78 bits per heavy atom. The minimum atomic E-state index is -1.08. The maximum Gasteiger partial charge on any atom is 0.372 e. The fourth-order valence-electron chi connectivity index (χ4n) is 3.55. The molecular weight excluding hydrogens is 346 g/mol. The SMILES string of the molecule is COc1ccc2c(c1)c(-c1cc3c(ncc4cnc(C(=O)O)n43)[nH]1)cn2C. The van der Waals surface area contributed by atoms with Crippen LogP contribution in [0.1, 0.15) is 10.6 Å². The second-order valence-corrected chi connectivity index (χ2v) is 6.36. The molecular formula is C19H15N5O3. The molecule has 0 spiro atoms. The average molecular weight is 361 g/mol. The molecule has 0 bridgehead atoms. The maximum atomic E-state index is 11.5. The van der Waals surface area contributed by atoms with Crippen LogP contribution in [-0.4, -0.2) is 42.1 Å². The number of rotatable bonds is 3.